The van der Waals surface area contributed by atoms with Gasteiger partial charge in [0, 0.05) is 13.5 Å². The van der Waals surface area contributed by atoms with Crippen LogP contribution in [0.15, 0.2) is 42.5 Å². The van der Waals surface area contributed by atoms with Gasteiger partial charge >= 0.3 is 0 Å². The van der Waals surface area contributed by atoms with Crippen LogP contribution in [0, 0.1) is 0 Å². The Morgan fingerprint density at radius 3 is 2.63 bits per heavy atom. The Balaban J connectivity index is 2.10. The van der Waals surface area contributed by atoms with Crippen molar-refractivity contribution >= 4 is 16.7 Å². The van der Waals surface area contributed by atoms with E-state index in [1.807, 2.05) is 4.90 Å². The van der Waals surface area contributed by atoms with Gasteiger partial charge in [0.15, 0.2) is 0 Å². The van der Waals surface area contributed by atoms with Gasteiger partial charge < -0.3 is 4.90 Å². The summed E-state index contributed by atoms with van der Waals surface area (Å²) in [6.07, 6.45) is 2.13. The molecule has 0 N–H and O–H groups in total. The Hall–Kier alpha value is -1.83. The molecule has 0 unspecified atom stereocenters. The van der Waals surface area contributed by atoms with Gasteiger partial charge in [-0.3, -0.25) is 4.79 Å². The minimum Gasteiger partial charge on any atom is -0.333 e. The van der Waals surface area contributed by atoms with Gasteiger partial charge in [0.2, 0.25) is 5.91 Å². The third-order valence-corrected chi connectivity index (χ3v) is 4.39. The van der Waals surface area contributed by atoms with E-state index in [1.165, 1.54) is 16.3 Å². The van der Waals surface area contributed by atoms with Gasteiger partial charge in [-0.25, -0.2) is 0 Å². The molecule has 3 rings (SSSR count). The molecule has 2 aromatic carbocycles. The summed E-state index contributed by atoms with van der Waals surface area (Å²) in [5.41, 5.74) is 1.11. The number of carbonyl (C=O) groups excluding carboxylic acids is 1. The molecule has 0 saturated carbocycles. The number of amides is 1. The molecule has 1 saturated heterocycles. The Morgan fingerprint density at radius 2 is 1.89 bits per heavy atom. The molecule has 0 aliphatic carbocycles. The predicted octanol–water partition coefficient (Wildman–Crippen LogP) is 3.70. The van der Waals surface area contributed by atoms with Crippen LogP contribution in [-0.2, 0) is 10.3 Å². The molecule has 98 valence electrons. The molecule has 1 heterocycles. The highest BCUT2D eigenvalue weighted by Gasteiger charge is 2.39. The first kappa shape index (κ1) is 12.2. The fourth-order valence-electron chi connectivity index (χ4n) is 3.29. The molecular formula is C17H19NO. The molecule has 2 nitrogen and oxygen atoms in total. The first-order valence-corrected chi connectivity index (χ1v) is 6.89. The molecule has 1 aliphatic heterocycles. The van der Waals surface area contributed by atoms with E-state index in [0.29, 0.717) is 0 Å². The van der Waals surface area contributed by atoms with Crippen molar-refractivity contribution in [1.29, 1.82) is 0 Å². The second kappa shape index (κ2) is 4.37. The van der Waals surface area contributed by atoms with E-state index in [2.05, 4.69) is 49.4 Å². The summed E-state index contributed by atoms with van der Waals surface area (Å²) in [4.78, 5) is 13.8. The van der Waals surface area contributed by atoms with E-state index in [-0.39, 0.29) is 11.4 Å². The van der Waals surface area contributed by atoms with E-state index in [1.54, 1.807) is 6.92 Å². The maximum absolute atomic E-state index is 11.8. The monoisotopic (exact) mass is 253 g/mol. The first-order chi connectivity index (χ1) is 9.11. The average molecular weight is 253 g/mol. The molecule has 0 radical (unpaired) electrons. The maximum Gasteiger partial charge on any atom is 0.220 e. The normalized spacial score (nSPS) is 22.9. The highest BCUT2D eigenvalue weighted by Crippen LogP contribution is 2.39. The van der Waals surface area contributed by atoms with Crippen LogP contribution >= 0.6 is 0 Å². The van der Waals surface area contributed by atoms with E-state index < -0.39 is 0 Å². The third kappa shape index (κ3) is 1.92. The molecule has 1 amide bonds. The van der Waals surface area contributed by atoms with Gasteiger partial charge in [-0.05, 0) is 42.2 Å². The van der Waals surface area contributed by atoms with E-state index >= 15 is 0 Å². The Labute approximate surface area is 114 Å². The number of rotatable bonds is 1. The lowest BCUT2D eigenvalue weighted by Crippen LogP contribution is -2.41. The summed E-state index contributed by atoms with van der Waals surface area (Å²) in [6.45, 7) is 4.73. The SMILES string of the molecule is CC(=O)N1CCC[C@]1(C)c1ccc2ccccc2c1. The lowest BCUT2D eigenvalue weighted by Gasteiger charge is -2.35. The zero-order valence-electron chi connectivity index (χ0n) is 11.5. The molecule has 0 aromatic heterocycles. The maximum atomic E-state index is 11.8. The number of fused-ring (bicyclic) bond motifs is 1. The van der Waals surface area contributed by atoms with Crippen molar-refractivity contribution in [2.75, 3.05) is 6.54 Å². The number of hydrogen-bond donors (Lipinski definition) is 0. The number of hydrogen-bond acceptors (Lipinski definition) is 1. The van der Waals surface area contributed by atoms with Gasteiger partial charge in [0.1, 0.15) is 0 Å². The second-order valence-corrected chi connectivity index (χ2v) is 5.61. The van der Waals surface area contributed by atoms with Crippen LogP contribution in [-0.4, -0.2) is 17.4 Å². The summed E-state index contributed by atoms with van der Waals surface area (Å²) >= 11 is 0. The summed E-state index contributed by atoms with van der Waals surface area (Å²) in [5, 5.41) is 2.50. The van der Waals surface area contributed by atoms with Crippen LogP contribution in [0.4, 0.5) is 0 Å². The highest BCUT2D eigenvalue weighted by molar-refractivity contribution is 5.83. The fourth-order valence-corrected chi connectivity index (χ4v) is 3.29. The molecule has 19 heavy (non-hydrogen) atoms. The quantitative estimate of drug-likeness (QED) is 0.759. The average Bonchev–Trinajstić information content (AvgIpc) is 2.82. The van der Waals surface area contributed by atoms with Crippen molar-refractivity contribution < 1.29 is 4.79 Å². The summed E-state index contributed by atoms with van der Waals surface area (Å²) in [7, 11) is 0. The largest absolute Gasteiger partial charge is 0.333 e. The number of carbonyl (C=O) groups is 1. The van der Waals surface area contributed by atoms with Crippen LogP contribution in [0.5, 0.6) is 0 Å². The molecule has 0 spiro atoms. The van der Waals surface area contributed by atoms with Crippen LogP contribution in [0.1, 0.15) is 32.3 Å². The lowest BCUT2D eigenvalue weighted by atomic mass is 9.88. The van der Waals surface area contributed by atoms with Crippen molar-refractivity contribution in [1.82, 2.24) is 4.90 Å². The zero-order valence-corrected chi connectivity index (χ0v) is 11.5. The van der Waals surface area contributed by atoms with Crippen LogP contribution in [0.25, 0.3) is 10.8 Å². The number of benzene rings is 2. The van der Waals surface area contributed by atoms with Gasteiger partial charge in [-0.2, -0.15) is 0 Å². The summed E-state index contributed by atoms with van der Waals surface area (Å²) in [6, 6.07) is 14.9. The minimum atomic E-state index is -0.143. The molecule has 2 heteroatoms. The Bertz CT molecular complexity index is 634. The van der Waals surface area contributed by atoms with Crippen molar-refractivity contribution in [2.24, 2.45) is 0 Å². The molecule has 1 fully saturated rings. The van der Waals surface area contributed by atoms with Gasteiger partial charge in [-0.1, -0.05) is 36.4 Å². The lowest BCUT2D eigenvalue weighted by molar-refractivity contribution is -0.132. The van der Waals surface area contributed by atoms with Crippen molar-refractivity contribution in [2.45, 2.75) is 32.2 Å². The van der Waals surface area contributed by atoms with Crippen molar-refractivity contribution in [3.8, 4) is 0 Å². The molecule has 2 aromatic rings. The Morgan fingerprint density at radius 1 is 1.16 bits per heavy atom. The number of nitrogens with zero attached hydrogens (tertiary/aromatic N) is 1. The third-order valence-electron chi connectivity index (χ3n) is 4.39. The highest BCUT2D eigenvalue weighted by atomic mass is 16.2. The van der Waals surface area contributed by atoms with Crippen molar-refractivity contribution in [3.05, 3.63) is 48.0 Å². The standard InChI is InChI=1S/C17H19NO/c1-13(19)18-11-5-10-17(18,2)16-9-8-14-6-3-4-7-15(14)12-16/h3-4,6-9,12H,5,10-11H2,1-2H3/t17-/m1/s1. The predicted molar refractivity (Wildman–Crippen MR) is 77.9 cm³/mol. The first-order valence-electron chi connectivity index (χ1n) is 6.89. The second-order valence-electron chi connectivity index (χ2n) is 5.61. The van der Waals surface area contributed by atoms with Crippen LogP contribution < -0.4 is 0 Å². The number of likely N-dealkylation sites (tertiary alicyclic amines) is 1. The van der Waals surface area contributed by atoms with Gasteiger partial charge in [0.05, 0.1) is 5.54 Å². The molecular weight excluding hydrogens is 234 g/mol. The van der Waals surface area contributed by atoms with E-state index in [9.17, 15) is 4.79 Å². The van der Waals surface area contributed by atoms with Crippen molar-refractivity contribution in [3.63, 3.8) is 0 Å². The minimum absolute atomic E-state index is 0.143. The van der Waals surface area contributed by atoms with Gasteiger partial charge in [0.25, 0.3) is 0 Å². The smallest absolute Gasteiger partial charge is 0.220 e. The van der Waals surface area contributed by atoms with E-state index in [4.69, 9.17) is 0 Å². The Kier molecular flexibility index (Phi) is 2.81. The van der Waals surface area contributed by atoms with Gasteiger partial charge in [-0.15, -0.1) is 0 Å². The molecule has 0 bridgehead atoms. The van der Waals surface area contributed by atoms with Crippen LogP contribution in [0.2, 0.25) is 0 Å². The van der Waals surface area contributed by atoms with E-state index in [0.717, 1.165) is 19.4 Å². The summed E-state index contributed by atoms with van der Waals surface area (Å²) < 4.78 is 0. The molecule has 1 aliphatic rings. The summed E-state index contributed by atoms with van der Waals surface area (Å²) in [5.74, 6) is 0.174. The fraction of sp³-hybridized carbons (Fsp3) is 0.353. The topological polar surface area (TPSA) is 20.3 Å². The van der Waals surface area contributed by atoms with Crippen LogP contribution in [0.3, 0.4) is 0 Å². The molecule has 1 atom stereocenters. The zero-order chi connectivity index (χ0) is 13.5.